The first-order valence-electron chi connectivity index (χ1n) is 9.05. The maximum atomic E-state index is 12.9. The van der Waals surface area contributed by atoms with E-state index in [1.807, 2.05) is 19.1 Å². The van der Waals surface area contributed by atoms with Crippen LogP contribution in [0.25, 0.3) is 6.08 Å². The summed E-state index contributed by atoms with van der Waals surface area (Å²) >= 11 is 6.06. The number of hydrogen-bond acceptors (Lipinski definition) is 2. The van der Waals surface area contributed by atoms with Crippen LogP contribution in [0.5, 0.6) is 0 Å². The van der Waals surface area contributed by atoms with E-state index < -0.39 is 21.0 Å². The Morgan fingerprint density at radius 2 is 1.67 bits per heavy atom. The van der Waals surface area contributed by atoms with Crippen molar-refractivity contribution in [3.63, 3.8) is 0 Å². The lowest BCUT2D eigenvalue weighted by Crippen LogP contribution is -2.48. The number of rotatable bonds is 4. The summed E-state index contributed by atoms with van der Waals surface area (Å²) in [6.45, 7) is 3.94. The number of benzene rings is 2. The number of carbonyl (C=O) groups is 1. The number of piperazine rings is 1. The molecule has 1 heterocycles. The van der Waals surface area contributed by atoms with Crippen LogP contribution >= 0.6 is 21.8 Å². The molecule has 0 bridgehead atoms. The average molecular weight is 467 g/mol. The van der Waals surface area contributed by atoms with Gasteiger partial charge in [-0.15, -0.1) is 0 Å². The van der Waals surface area contributed by atoms with Gasteiger partial charge >= 0.3 is 10.2 Å². The van der Waals surface area contributed by atoms with Crippen LogP contribution in [-0.4, -0.2) is 37.0 Å². The van der Waals surface area contributed by atoms with E-state index in [9.17, 15) is 24.2 Å². The molecular formula is C20H20ClF5N2OS. The summed E-state index contributed by atoms with van der Waals surface area (Å²) in [5.41, 5.74) is 1.92. The van der Waals surface area contributed by atoms with E-state index in [-0.39, 0.29) is 5.56 Å². The Bertz CT molecular complexity index is 1000. The number of halogens is 6. The highest BCUT2D eigenvalue weighted by Gasteiger charge is 2.65. The molecule has 0 aromatic heterocycles. The van der Waals surface area contributed by atoms with Gasteiger partial charge in [0.25, 0.3) is 0 Å². The molecule has 0 N–H and O–H groups in total. The quantitative estimate of drug-likeness (QED) is 0.371. The highest BCUT2D eigenvalue weighted by Crippen LogP contribution is 3.02. The summed E-state index contributed by atoms with van der Waals surface area (Å²) in [6.07, 6.45) is 2.22. The minimum Gasteiger partial charge on any atom is -0.368 e. The van der Waals surface area contributed by atoms with Gasteiger partial charge in [0, 0.05) is 43.0 Å². The first-order chi connectivity index (χ1) is 13.7. The van der Waals surface area contributed by atoms with Gasteiger partial charge in [0.15, 0.2) is 0 Å². The van der Waals surface area contributed by atoms with Crippen LogP contribution in [0.15, 0.2) is 53.4 Å². The number of nitrogens with zero attached hydrogens (tertiary/aromatic N) is 2. The summed E-state index contributed by atoms with van der Waals surface area (Å²) in [6, 6.07) is 8.39. The van der Waals surface area contributed by atoms with Crippen LogP contribution in [0.3, 0.4) is 0 Å². The maximum absolute atomic E-state index is 12.9. The molecule has 0 atom stereocenters. The summed E-state index contributed by atoms with van der Waals surface area (Å²) in [5, 5.41) is 0.617. The summed E-state index contributed by atoms with van der Waals surface area (Å²) in [7, 11) is -9.76. The minimum atomic E-state index is -9.76. The number of anilines is 1. The van der Waals surface area contributed by atoms with E-state index >= 15 is 0 Å². The van der Waals surface area contributed by atoms with E-state index in [2.05, 4.69) is 4.90 Å². The zero-order chi connectivity index (χ0) is 22.2. The molecule has 0 saturated carbocycles. The largest absolute Gasteiger partial charge is 0.368 e. The molecular weight excluding hydrogens is 447 g/mol. The monoisotopic (exact) mass is 466 g/mol. The smallest absolute Gasteiger partial charge is 0.310 e. The number of carbonyl (C=O) groups excluding carboxylic acids is 1. The molecule has 3 rings (SSSR count). The Hall–Kier alpha value is -2.26. The van der Waals surface area contributed by atoms with Gasteiger partial charge in [-0.05, 0) is 48.4 Å². The van der Waals surface area contributed by atoms with Crippen LogP contribution in [0.2, 0.25) is 5.02 Å². The highest BCUT2D eigenvalue weighted by atomic mass is 35.5. The first-order valence-corrected chi connectivity index (χ1v) is 11.4. The molecule has 1 amide bonds. The standard InChI is InChI=1S/C20H20ClF5N2OS/c1-15-5-7-17(21)14-19(15)27-9-11-28(12-10-27)20(29)8-6-16-3-2-4-18(13-16)30(22,23,24,25)26/h2-8,13-14H,9-12H2,1H3/b8-6-. The third-order valence-electron chi connectivity index (χ3n) is 4.83. The molecule has 2 aromatic rings. The molecule has 30 heavy (non-hydrogen) atoms. The molecule has 1 aliphatic heterocycles. The highest BCUT2D eigenvalue weighted by molar-refractivity contribution is 8.45. The molecule has 0 radical (unpaired) electrons. The summed E-state index contributed by atoms with van der Waals surface area (Å²) in [4.78, 5) is 14.1. The van der Waals surface area contributed by atoms with Gasteiger partial charge in [0.2, 0.25) is 5.91 Å². The van der Waals surface area contributed by atoms with Gasteiger partial charge in [-0.3, -0.25) is 4.79 Å². The number of hydrogen-bond donors (Lipinski definition) is 0. The molecule has 0 unspecified atom stereocenters. The van der Waals surface area contributed by atoms with Crippen molar-refractivity contribution in [1.29, 1.82) is 0 Å². The van der Waals surface area contributed by atoms with E-state index in [4.69, 9.17) is 11.6 Å². The predicted octanol–water partition coefficient (Wildman–Crippen LogP) is 6.67. The van der Waals surface area contributed by atoms with Gasteiger partial charge in [-0.2, -0.15) is 0 Å². The fraction of sp³-hybridized carbons (Fsp3) is 0.250. The minimum absolute atomic E-state index is 0.123. The van der Waals surface area contributed by atoms with Crippen molar-refractivity contribution in [3.05, 3.63) is 64.7 Å². The predicted molar refractivity (Wildman–Crippen MR) is 112 cm³/mol. The van der Waals surface area contributed by atoms with E-state index in [0.29, 0.717) is 43.3 Å². The van der Waals surface area contributed by atoms with Crippen LogP contribution in [0.4, 0.5) is 25.1 Å². The summed E-state index contributed by atoms with van der Waals surface area (Å²) in [5.74, 6) is -0.393. The Kier molecular flexibility index (Phi) is 5.35. The van der Waals surface area contributed by atoms with Crippen molar-refractivity contribution < 1.29 is 24.2 Å². The topological polar surface area (TPSA) is 23.6 Å². The Morgan fingerprint density at radius 1 is 1.00 bits per heavy atom. The van der Waals surface area contributed by atoms with E-state index in [1.54, 1.807) is 11.0 Å². The van der Waals surface area contributed by atoms with Crippen LogP contribution in [0.1, 0.15) is 11.1 Å². The lowest BCUT2D eigenvalue weighted by atomic mass is 10.1. The fourth-order valence-electron chi connectivity index (χ4n) is 3.22. The van der Waals surface area contributed by atoms with Crippen LogP contribution in [-0.2, 0) is 4.79 Å². The number of aryl methyl sites for hydroxylation is 1. The molecule has 0 spiro atoms. The lowest BCUT2D eigenvalue weighted by molar-refractivity contribution is -0.126. The van der Waals surface area contributed by atoms with E-state index in [1.165, 1.54) is 6.07 Å². The Labute approximate surface area is 176 Å². The van der Waals surface area contributed by atoms with Gasteiger partial charge in [-0.25, -0.2) is 0 Å². The Balaban J connectivity index is 1.66. The van der Waals surface area contributed by atoms with Gasteiger partial charge < -0.3 is 9.80 Å². The number of amides is 1. The Morgan fingerprint density at radius 3 is 2.30 bits per heavy atom. The normalized spacial score (nSPS) is 17.7. The molecule has 10 heteroatoms. The van der Waals surface area contributed by atoms with Gasteiger partial charge in [0.1, 0.15) is 4.90 Å². The third-order valence-corrected chi connectivity index (χ3v) is 6.21. The molecule has 1 fully saturated rings. The van der Waals surface area contributed by atoms with Crippen molar-refractivity contribution in [2.24, 2.45) is 0 Å². The van der Waals surface area contributed by atoms with Crippen molar-refractivity contribution in [2.45, 2.75) is 11.8 Å². The van der Waals surface area contributed by atoms with E-state index in [0.717, 1.165) is 29.5 Å². The molecule has 1 aliphatic rings. The second kappa shape index (κ2) is 7.16. The van der Waals surface area contributed by atoms with Gasteiger partial charge in [-0.1, -0.05) is 49.2 Å². The molecule has 1 saturated heterocycles. The van der Waals surface area contributed by atoms with Crippen molar-refractivity contribution in [1.82, 2.24) is 4.90 Å². The zero-order valence-corrected chi connectivity index (χ0v) is 17.6. The van der Waals surface area contributed by atoms with Crippen LogP contribution in [0, 0.1) is 6.92 Å². The fourth-order valence-corrected chi connectivity index (χ4v) is 4.08. The molecule has 0 aliphatic carbocycles. The van der Waals surface area contributed by atoms with Crippen molar-refractivity contribution in [3.8, 4) is 0 Å². The SMILES string of the molecule is Cc1ccc(Cl)cc1N1CCN(C(=O)/C=C\c2cccc(S(F)(F)(F)(F)F)c2)CC1. The third kappa shape index (κ3) is 5.46. The lowest BCUT2D eigenvalue weighted by Gasteiger charge is -2.40. The molecule has 2 aromatic carbocycles. The maximum Gasteiger partial charge on any atom is 0.310 e. The second-order valence-corrected chi connectivity index (χ2v) is 9.96. The molecule has 164 valence electrons. The molecule has 3 nitrogen and oxygen atoms in total. The van der Waals surface area contributed by atoms with Crippen molar-refractivity contribution >= 4 is 39.5 Å². The zero-order valence-electron chi connectivity index (χ0n) is 16.0. The van der Waals surface area contributed by atoms with Crippen molar-refractivity contribution in [2.75, 3.05) is 31.1 Å². The van der Waals surface area contributed by atoms with Crippen LogP contribution < -0.4 is 4.90 Å². The average Bonchev–Trinajstić information content (AvgIpc) is 2.67. The van der Waals surface area contributed by atoms with Gasteiger partial charge in [0.05, 0.1) is 0 Å². The summed E-state index contributed by atoms with van der Waals surface area (Å²) < 4.78 is 64.7. The first kappa shape index (κ1) is 22.4. The second-order valence-electron chi connectivity index (χ2n) is 7.12.